The van der Waals surface area contributed by atoms with Crippen LogP contribution in [0.4, 0.5) is 44.1 Å². The standard InChI is InChI=1S/C31H29F5N8O2/c1-18-6-7-20(17-37-18)44-26(16-24(41-44)30(10-11-30)31(34,35)36)40-29(46)39-23-8-9-25(38-19(23)2)42-12-14-43(15-13-42)28(45)27-21(32)4-3-5-22(27)33/h3-9,16-17H,10-15H2,1-2H3,(H2,39,40,46). The molecular formula is C31H29F5N8O2. The highest BCUT2D eigenvalue weighted by Crippen LogP contribution is 2.58. The molecule has 2 fully saturated rings. The van der Waals surface area contributed by atoms with Gasteiger partial charge in [0.05, 0.1) is 29.0 Å². The summed E-state index contributed by atoms with van der Waals surface area (Å²) >= 11 is 0. The Kier molecular flexibility index (Phi) is 7.86. The predicted octanol–water partition coefficient (Wildman–Crippen LogP) is 5.76. The number of nitrogens with zero attached hydrogens (tertiary/aromatic N) is 6. The van der Waals surface area contributed by atoms with Gasteiger partial charge in [0.1, 0.15) is 34.2 Å². The average molecular weight is 641 g/mol. The fourth-order valence-corrected chi connectivity index (χ4v) is 5.42. The van der Waals surface area contributed by atoms with Gasteiger partial charge in [-0.05, 0) is 63.1 Å². The van der Waals surface area contributed by atoms with Crippen LogP contribution in [0.3, 0.4) is 0 Å². The van der Waals surface area contributed by atoms with Crippen molar-refractivity contribution in [3.8, 4) is 5.69 Å². The highest BCUT2D eigenvalue weighted by atomic mass is 19.4. The van der Waals surface area contributed by atoms with E-state index in [1.807, 2.05) is 4.90 Å². The summed E-state index contributed by atoms with van der Waals surface area (Å²) in [6, 6.07) is 10.5. The number of pyridine rings is 2. The molecule has 46 heavy (non-hydrogen) atoms. The molecule has 1 saturated heterocycles. The fraction of sp³-hybridized carbons (Fsp3) is 0.323. The van der Waals surface area contributed by atoms with E-state index < -0.39 is 40.7 Å². The van der Waals surface area contributed by atoms with Crippen LogP contribution < -0.4 is 15.5 Å². The van der Waals surface area contributed by atoms with E-state index in [4.69, 9.17) is 0 Å². The smallest absolute Gasteiger partial charge is 0.353 e. The lowest BCUT2D eigenvalue weighted by Gasteiger charge is -2.35. The van der Waals surface area contributed by atoms with Crippen LogP contribution >= 0.6 is 0 Å². The summed E-state index contributed by atoms with van der Waals surface area (Å²) in [5.41, 5.74) is -0.899. The average Bonchev–Trinajstić information content (AvgIpc) is 3.74. The van der Waals surface area contributed by atoms with E-state index in [1.165, 1.54) is 27.9 Å². The third kappa shape index (κ3) is 5.84. The van der Waals surface area contributed by atoms with E-state index in [2.05, 4.69) is 25.7 Å². The Morgan fingerprint density at radius 1 is 0.913 bits per heavy atom. The quantitative estimate of drug-likeness (QED) is 0.260. The van der Waals surface area contributed by atoms with Gasteiger partial charge >= 0.3 is 12.2 Å². The van der Waals surface area contributed by atoms with Gasteiger partial charge in [-0.1, -0.05) is 6.07 Å². The molecule has 3 amide bonds. The number of nitrogens with one attached hydrogen (secondary N) is 2. The molecule has 0 unspecified atom stereocenters. The summed E-state index contributed by atoms with van der Waals surface area (Å²) in [6.07, 6.45) is -3.19. The van der Waals surface area contributed by atoms with Crippen molar-refractivity contribution in [1.82, 2.24) is 24.6 Å². The van der Waals surface area contributed by atoms with Crippen molar-refractivity contribution >= 4 is 29.3 Å². The van der Waals surface area contributed by atoms with Crippen LogP contribution in [0.5, 0.6) is 0 Å². The van der Waals surface area contributed by atoms with Gasteiger partial charge in [0.15, 0.2) is 0 Å². The van der Waals surface area contributed by atoms with Gasteiger partial charge in [0.2, 0.25) is 0 Å². The molecule has 0 atom stereocenters. The van der Waals surface area contributed by atoms with Crippen LogP contribution in [-0.4, -0.2) is 68.9 Å². The summed E-state index contributed by atoms with van der Waals surface area (Å²) < 4.78 is 71.1. The molecule has 0 bridgehead atoms. The summed E-state index contributed by atoms with van der Waals surface area (Å²) in [6.45, 7) is 4.62. The van der Waals surface area contributed by atoms with E-state index in [1.54, 1.807) is 38.1 Å². The van der Waals surface area contributed by atoms with Crippen molar-refractivity contribution in [1.29, 1.82) is 0 Å². The molecule has 4 heterocycles. The molecule has 15 heteroatoms. The zero-order chi connectivity index (χ0) is 32.8. The summed E-state index contributed by atoms with van der Waals surface area (Å²) in [5, 5.41) is 9.53. The number of piperazine rings is 1. The second kappa shape index (κ2) is 11.7. The van der Waals surface area contributed by atoms with Gasteiger partial charge in [-0.25, -0.2) is 23.2 Å². The molecule has 6 rings (SSSR count). The van der Waals surface area contributed by atoms with Crippen LogP contribution in [0, 0.1) is 25.5 Å². The Labute approximate surface area is 260 Å². The number of halogens is 5. The normalized spacial score (nSPS) is 15.9. The molecule has 1 aliphatic carbocycles. The molecular weight excluding hydrogens is 611 g/mol. The number of carbonyl (C=O) groups is 2. The highest BCUT2D eigenvalue weighted by Gasteiger charge is 2.66. The Morgan fingerprint density at radius 2 is 1.61 bits per heavy atom. The van der Waals surface area contributed by atoms with Crippen LogP contribution in [0.25, 0.3) is 5.69 Å². The lowest BCUT2D eigenvalue weighted by molar-refractivity contribution is -0.161. The second-order valence-electron chi connectivity index (χ2n) is 11.3. The van der Waals surface area contributed by atoms with Gasteiger partial charge in [-0.3, -0.25) is 15.1 Å². The van der Waals surface area contributed by atoms with Crippen LogP contribution in [0.1, 0.15) is 40.3 Å². The molecule has 240 valence electrons. The number of anilines is 3. The van der Waals surface area contributed by atoms with Crippen molar-refractivity contribution in [2.75, 3.05) is 41.7 Å². The number of urea groups is 1. The summed E-state index contributed by atoms with van der Waals surface area (Å²) in [7, 11) is 0. The predicted molar refractivity (Wildman–Crippen MR) is 159 cm³/mol. The van der Waals surface area contributed by atoms with E-state index in [0.29, 0.717) is 41.7 Å². The van der Waals surface area contributed by atoms with Gasteiger partial charge < -0.3 is 15.1 Å². The van der Waals surface area contributed by atoms with Crippen molar-refractivity contribution in [2.45, 2.75) is 38.3 Å². The molecule has 1 aliphatic heterocycles. The molecule has 4 aromatic rings. The maximum absolute atomic E-state index is 14.1. The lowest BCUT2D eigenvalue weighted by Crippen LogP contribution is -2.49. The number of benzene rings is 1. The molecule has 10 nitrogen and oxygen atoms in total. The Morgan fingerprint density at radius 3 is 2.20 bits per heavy atom. The third-order valence-corrected chi connectivity index (χ3v) is 8.26. The van der Waals surface area contributed by atoms with Crippen molar-refractivity contribution in [3.63, 3.8) is 0 Å². The Bertz CT molecular complexity index is 1780. The molecule has 3 aromatic heterocycles. The first-order valence-electron chi connectivity index (χ1n) is 14.5. The van der Waals surface area contributed by atoms with Crippen LogP contribution in [0.2, 0.25) is 0 Å². The van der Waals surface area contributed by atoms with Crippen LogP contribution in [-0.2, 0) is 5.41 Å². The number of aromatic nitrogens is 4. The van der Waals surface area contributed by atoms with Gasteiger partial charge in [-0.15, -0.1) is 0 Å². The minimum atomic E-state index is -4.48. The Balaban J connectivity index is 1.13. The van der Waals surface area contributed by atoms with Gasteiger partial charge in [-0.2, -0.15) is 18.3 Å². The number of aryl methyl sites for hydroxylation is 2. The first-order chi connectivity index (χ1) is 21.9. The minimum absolute atomic E-state index is 0.0404. The number of amides is 3. The van der Waals surface area contributed by atoms with E-state index in [9.17, 15) is 31.5 Å². The number of carbonyl (C=O) groups excluding carboxylic acids is 2. The second-order valence-corrected chi connectivity index (χ2v) is 11.3. The maximum Gasteiger partial charge on any atom is 0.400 e. The zero-order valence-electron chi connectivity index (χ0n) is 24.8. The SMILES string of the molecule is Cc1ccc(-n2nc(C3(C(F)(F)F)CC3)cc2NC(=O)Nc2ccc(N3CCN(C(=O)c4c(F)cccc4F)CC3)nc2C)cn1. The first-order valence-corrected chi connectivity index (χ1v) is 14.5. The minimum Gasteiger partial charge on any atom is -0.353 e. The summed E-state index contributed by atoms with van der Waals surface area (Å²) in [4.78, 5) is 37.9. The van der Waals surface area contributed by atoms with E-state index in [0.717, 1.165) is 12.1 Å². The first kappa shape index (κ1) is 30.9. The largest absolute Gasteiger partial charge is 0.400 e. The third-order valence-electron chi connectivity index (χ3n) is 8.26. The summed E-state index contributed by atoms with van der Waals surface area (Å²) in [5.74, 6) is -1.94. The lowest BCUT2D eigenvalue weighted by atomic mass is 10.0. The van der Waals surface area contributed by atoms with Crippen molar-refractivity contribution < 1.29 is 31.5 Å². The molecule has 1 aromatic carbocycles. The molecule has 2 aliphatic rings. The molecule has 2 N–H and O–H groups in total. The molecule has 0 radical (unpaired) electrons. The highest BCUT2D eigenvalue weighted by molar-refractivity contribution is 6.00. The van der Waals surface area contributed by atoms with E-state index >= 15 is 0 Å². The van der Waals surface area contributed by atoms with E-state index in [-0.39, 0.29) is 37.4 Å². The number of hydrogen-bond donors (Lipinski definition) is 2. The number of alkyl halides is 3. The van der Waals surface area contributed by atoms with Gasteiger partial charge in [0, 0.05) is 37.9 Å². The number of rotatable bonds is 6. The topological polar surface area (TPSA) is 108 Å². The molecule has 0 spiro atoms. The monoisotopic (exact) mass is 640 g/mol. The van der Waals surface area contributed by atoms with Crippen LogP contribution in [0.15, 0.2) is 54.7 Å². The molecule has 1 saturated carbocycles. The van der Waals surface area contributed by atoms with Crippen molar-refractivity contribution in [2.24, 2.45) is 0 Å². The Hall–Kier alpha value is -5.08. The number of hydrogen-bond acceptors (Lipinski definition) is 6. The zero-order valence-corrected chi connectivity index (χ0v) is 24.8. The fourth-order valence-electron chi connectivity index (χ4n) is 5.42. The van der Waals surface area contributed by atoms with Crippen molar-refractivity contribution in [3.05, 3.63) is 89.0 Å². The van der Waals surface area contributed by atoms with Gasteiger partial charge in [0.25, 0.3) is 5.91 Å². The maximum atomic E-state index is 14.1.